The molecule has 0 amide bonds. The summed E-state index contributed by atoms with van der Waals surface area (Å²) in [7, 11) is -2.19. The summed E-state index contributed by atoms with van der Waals surface area (Å²) in [4.78, 5) is 16.8. The molecule has 3 aromatic heterocycles. The van der Waals surface area contributed by atoms with Crippen molar-refractivity contribution in [2.24, 2.45) is 11.8 Å². The SMILES string of the molecule is CCCCC(CC)C[Si]1(CC(CC)CCCC)c2cc(C)ccc2-c2ccc(-c3ccc(-c4ccc(-c5ccc(C)s5)c5nc(-c6cccc7ccccc67)c(-c6cccc7ccccc67)nc45)s3)cc21. The van der Waals surface area contributed by atoms with E-state index in [9.17, 15) is 0 Å². The highest BCUT2D eigenvalue weighted by Crippen LogP contribution is 2.46. The fourth-order valence-electron chi connectivity index (χ4n) is 12.1. The van der Waals surface area contributed by atoms with Crippen LogP contribution < -0.4 is 10.4 Å². The van der Waals surface area contributed by atoms with Gasteiger partial charge in [-0.25, -0.2) is 9.97 Å². The normalized spacial score (nSPS) is 15.1. The zero-order valence-electron chi connectivity index (χ0n) is 42.4. The molecule has 10 aromatic rings. The minimum atomic E-state index is -2.19. The van der Waals surface area contributed by atoms with Crippen molar-refractivity contribution in [2.45, 2.75) is 105 Å². The van der Waals surface area contributed by atoms with Crippen molar-refractivity contribution in [1.82, 2.24) is 9.97 Å². The van der Waals surface area contributed by atoms with Crippen LogP contribution in [0, 0.1) is 25.7 Å². The van der Waals surface area contributed by atoms with Crippen LogP contribution in [0.15, 0.2) is 158 Å². The van der Waals surface area contributed by atoms with Crippen LogP contribution in [0.4, 0.5) is 0 Å². The fourth-order valence-corrected chi connectivity index (χ4v) is 20.8. The van der Waals surface area contributed by atoms with E-state index < -0.39 is 8.07 Å². The van der Waals surface area contributed by atoms with E-state index in [4.69, 9.17) is 9.97 Å². The number of hydrogen-bond acceptors (Lipinski definition) is 4. The molecule has 5 heteroatoms. The zero-order valence-corrected chi connectivity index (χ0v) is 45.1. The molecular formula is C66H66N2S2Si. The van der Waals surface area contributed by atoms with Crippen molar-refractivity contribution >= 4 is 73.7 Å². The van der Waals surface area contributed by atoms with E-state index >= 15 is 0 Å². The van der Waals surface area contributed by atoms with Gasteiger partial charge in [0.15, 0.2) is 0 Å². The maximum atomic E-state index is 5.89. The van der Waals surface area contributed by atoms with E-state index in [0.29, 0.717) is 0 Å². The molecule has 2 unspecified atom stereocenters. The average Bonchev–Trinajstić information content (AvgIpc) is 4.14. The van der Waals surface area contributed by atoms with Crippen molar-refractivity contribution in [3.63, 3.8) is 0 Å². The molecule has 1 aliphatic rings. The van der Waals surface area contributed by atoms with Crippen LogP contribution >= 0.6 is 22.7 Å². The Morgan fingerprint density at radius 3 is 1.49 bits per heavy atom. The van der Waals surface area contributed by atoms with Gasteiger partial charge in [-0.1, -0.05) is 218 Å². The van der Waals surface area contributed by atoms with Crippen LogP contribution in [0.1, 0.15) is 89.5 Å². The number of fused-ring (bicyclic) bond motifs is 6. The van der Waals surface area contributed by atoms with Crippen LogP contribution in [0.25, 0.3) is 97.5 Å². The van der Waals surface area contributed by atoms with Gasteiger partial charge < -0.3 is 0 Å². The highest BCUT2D eigenvalue weighted by molar-refractivity contribution is 7.19. The Balaban J connectivity index is 1.10. The summed E-state index contributed by atoms with van der Waals surface area (Å²) in [6, 6.07) is 62.3. The summed E-state index contributed by atoms with van der Waals surface area (Å²) in [5.41, 5.74) is 13.9. The lowest BCUT2D eigenvalue weighted by molar-refractivity contribution is 0.469. The van der Waals surface area contributed by atoms with Crippen LogP contribution in [-0.4, -0.2) is 18.0 Å². The summed E-state index contributed by atoms with van der Waals surface area (Å²) in [5, 5.41) is 8.15. The second-order valence-electron chi connectivity index (χ2n) is 20.5. The average molecular weight is 979 g/mol. The first-order valence-electron chi connectivity index (χ1n) is 26.5. The van der Waals surface area contributed by atoms with E-state index in [1.165, 1.54) is 127 Å². The quantitative estimate of drug-likeness (QED) is 0.0850. The lowest BCUT2D eigenvalue weighted by atomic mass is 9.94. The molecule has 0 bridgehead atoms. The first-order chi connectivity index (χ1) is 34.8. The third-order valence-electron chi connectivity index (χ3n) is 16.0. The Bertz CT molecular complexity index is 3530. The van der Waals surface area contributed by atoms with Crippen molar-refractivity contribution in [3.8, 4) is 65.0 Å². The molecule has 0 spiro atoms. The summed E-state index contributed by atoms with van der Waals surface area (Å²) in [5.74, 6) is 1.49. The van der Waals surface area contributed by atoms with Gasteiger partial charge in [-0.15, -0.1) is 22.7 Å². The first kappa shape index (κ1) is 47.3. The fraction of sp³-hybridized carbons (Fsp3) is 0.273. The molecule has 356 valence electrons. The number of aromatic nitrogens is 2. The van der Waals surface area contributed by atoms with Gasteiger partial charge in [-0.05, 0) is 111 Å². The van der Waals surface area contributed by atoms with Crippen molar-refractivity contribution < 1.29 is 0 Å². The molecule has 7 aromatic carbocycles. The van der Waals surface area contributed by atoms with Gasteiger partial charge >= 0.3 is 0 Å². The Morgan fingerprint density at radius 1 is 0.451 bits per heavy atom. The van der Waals surface area contributed by atoms with Crippen LogP contribution in [0.2, 0.25) is 12.1 Å². The molecule has 0 radical (unpaired) electrons. The Hall–Kier alpha value is -5.98. The zero-order chi connectivity index (χ0) is 48.6. The number of aryl methyl sites for hydroxylation is 2. The molecule has 0 saturated carbocycles. The lowest BCUT2D eigenvalue weighted by Crippen LogP contribution is -2.57. The highest BCUT2D eigenvalue weighted by atomic mass is 32.1. The van der Waals surface area contributed by atoms with Crippen molar-refractivity contribution in [3.05, 3.63) is 168 Å². The number of benzene rings is 7. The second kappa shape index (κ2) is 20.3. The minimum Gasteiger partial charge on any atom is -0.243 e. The van der Waals surface area contributed by atoms with Crippen molar-refractivity contribution in [2.75, 3.05) is 0 Å². The van der Waals surface area contributed by atoms with Crippen LogP contribution in [0.3, 0.4) is 0 Å². The van der Waals surface area contributed by atoms with Gasteiger partial charge in [0.2, 0.25) is 0 Å². The molecule has 2 nitrogen and oxygen atoms in total. The van der Waals surface area contributed by atoms with Gasteiger partial charge in [-0.3, -0.25) is 0 Å². The summed E-state index contributed by atoms with van der Waals surface area (Å²) < 4.78 is 0. The van der Waals surface area contributed by atoms with E-state index in [1.54, 1.807) is 10.4 Å². The Labute approximate surface area is 430 Å². The molecule has 11 rings (SSSR count). The third kappa shape index (κ3) is 8.83. The van der Waals surface area contributed by atoms with Gasteiger partial charge in [0.05, 0.1) is 22.4 Å². The summed E-state index contributed by atoms with van der Waals surface area (Å²) in [6.07, 6.45) is 10.4. The number of unbranched alkanes of at least 4 members (excludes halogenated alkanes) is 2. The van der Waals surface area contributed by atoms with E-state index in [0.717, 1.165) is 56.5 Å². The van der Waals surface area contributed by atoms with Gasteiger partial charge in [0.1, 0.15) is 8.07 Å². The molecule has 4 heterocycles. The number of hydrogen-bond donors (Lipinski definition) is 0. The first-order valence-corrected chi connectivity index (χ1v) is 30.6. The highest BCUT2D eigenvalue weighted by Gasteiger charge is 2.47. The van der Waals surface area contributed by atoms with Gasteiger partial charge in [0, 0.05) is 41.8 Å². The summed E-state index contributed by atoms with van der Waals surface area (Å²) in [6.45, 7) is 14.2. The van der Waals surface area contributed by atoms with Crippen LogP contribution in [0.5, 0.6) is 0 Å². The lowest BCUT2D eigenvalue weighted by Gasteiger charge is -2.37. The maximum absolute atomic E-state index is 5.89. The molecule has 0 saturated heterocycles. The molecule has 1 aliphatic heterocycles. The predicted octanol–water partition coefficient (Wildman–Crippen LogP) is 19.0. The standard InChI is InChI=1S/C66H66N2S2Si/c1-7-11-19-45(9-3)41-71(42-46(10-4)20-12-8-2)61-39-43(5)29-32-52(61)53-33-31-49(40-62(53)71)58-37-38-60(70-58)57-35-34-56(59-36-30-44(6)69-59)65-66(57)68-64(55-28-18-24-48-22-14-16-26-51(48)55)63(67-65)54-27-17-23-47-21-13-15-25-50(47)54/h13-18,21-40,45-46H,7-12,19-20,41-42H2,1-6H3. The monoisotopic (exact) mass is 978 g/mol. The number of nitrogens with zero attached hydrogens (tertiary/aromatic N) is 2. The second-order valence-corrected chi connectivity index (χ2v) is 27.0. The van der Waals surface area contributed by atoms with E-state index in [2.05, 4.69) is 199 Å². The molecule has 2 atom stereocenters. The predicted molar refractivity (Wildman–Crippen MR) is 314 cm³/mol. The molecule has 0 fully saturated rings. The Morgan fingerprint density at radius 2 is 0.944 bits per heavy atom. The maximum Gasteiger partial charge on any atom is 0.120 e. The molecular weight excluding hydrogens is 913 g/mol. The molecule has 0 N–H and O–H groups in total. The van der Waals surface area contributed by atoms with E-state index in [1.807, 2.05) is 22.7 Å². The third-order valence-corrected chi connectivity index (χ3v) is 23.6. The largest absolute Gasteiger partial charge is 0.243 e. The number of thiophene rings is 2. The molecule has 0 aliphatic carbocycles. The topological polar surface area (TPSA) is 25.8 Å². The summed E-state index contributed by atoms with van der Waals surface area (Å²) >= 11 is 3.73. The number of rotatable bonds is 17. The van der Waals surface area contributed by atoms with Gasteiger partial charge in [-0.2, -0.15) is 0 Å². The minimum absolute atomic E-state index is 0.747. The Kier molecular flexibility index (Phi) is 13.5. The molecule has 71 heavy (non-hydrogen) atoms. The van der Waals surface area contributed by atoms with E-state index in [-0.39, 0.29) is 0 Å². The van der Waals surface area contributed by atoms with Crippen LogP contribution in [-0.2, 0) is 0 Å². The van der Waals surface area contributed by atoms with Gasteiger partial charge in [0.25, 0.3) is 0 Å². The van der Waals surface area contributed by atoms with Crippen molar-refractivity contribution in [1.29, 1.82) is 0 Å². The smallest absolute Gasteiger partial charge is 0.120 e.